The highest BCUT2D eigenvalue weighted by Crippen LogP contribution is 2.28. The van der Waals surface area contributed by atoms with Crippen LogP contribution in [0.4, 0.5) is 5.69 Å². The number of hydrogen-bond donors (Lipinski definition) is 1. The standard InChI is InChI=1S/C17H28N2O2/c1-16(2)12-19(13-17(3,4)21-16)9-6-10-20-15-8-5-7-14(18)11-15/h5,7-8,11H,6,9-10,12-13,18H2,1-4H3. The van der Waals surface area contributed by atoms with Crippen molar-refractivity contribution in [1.82, 2.24) is 4.90 Å². The van der Waals surface area contributed by atoms with Crippen LogP contribution in [0.2, 0.25) is 0 Å². The number of anilines is 1. The maximum absolute atomic E-state index is 6.09. The summed E-state index contributed by atoms with van der Waals surface area (Å²) in [5, 5.41) is 0. The van der Waals surface area contributed by atoms with Crippen LogP contribution in [0.5, 0.6) is 5.75 Å². The van der Waals surface area contributed by atoms with Crippen molar-refractivity contribution in [2.45, 2.75) is 45.3 Å². The van der Waals surface area contributed by atoms with Gasteiger partial charge in [-0.15, -0.1) is 0 Å². The number of nitrogen functional groups attached to an aromatic ring is 1. The van der Waals surface area contributed by atoms with E-state index in [9.17, 15) is 0 Å². The largest absolute Gasteiger partial charge is 0.493 e. The number of rotatable bonds is 5. The molecule has 4 heteroatoms. The number of nitrogens with zero attached hydrogens (tertiary/aromatic N) is 1. The molecule has 0 aromatic heterocycles. The molecule has 1 aromatic rings. The van der Waals surface area contributed by atoms with Crippen LogP contribution in [-0.2, 0) is 4.74 Å². The average molecular weight is 292 g/mol. The van der Waals surface area contributed by atoms with Gasteiger partial charge in [0.15, 0.2) is 0 Å². The van der Waals surface area contributed by atoms with Gasteiger partial charge in [-0.05, 0) is 46.2 Å². The first-order valence-corrected chi connectivity index (χ1v) is 7.67. The van der Waals surface area contributed by atoms with E-state index in [0.717, 1.165) is 37.5 Å². The lowest BCUT2D eigenvalue weighted by molar-refractivity contribution is -0.180. The second-order valence-electron chi connectivity index (χ2n) is 7.11. The van der Waals surface area contributed by atoms with Crippen LogP contribution in [0.15, 0.2) is 24.3 Å². The van der Waals surface area contributed by atoms with Gasteiger partial charge in [0, 0.05) is 31.4 Å². The van der Waals surface area contributed by atoms with E-state index in [1.807, 2.05) is 24.3 Å². The number of ether oxygens (including phenoxy) is 2. The Hall–Kier alpha value is -1.26. The lowest BCUT2D eigenvalue weighted by atomic mass is 9.99. The zero-order chi connectivity index (χ0) is 15.5. The fourth-order valence-corrected chi connectivity index (χ4v) is 3.19. The Kier molecular flexibility index (Phi) is 4.79. The fraction of sp³-hybridized carbons (Fsp3) is 0.647. The van der Waals surface area contributed by atoms with E-state index in [-0.39, 0.29) is 11.2 Å². The first-order chi connectivity index (χ1) is 9.76. The molecule has 21 heavy (non-hydrogen) atoms. The molecule has 1 heterocycles. The smallest absolute Gasteiger partial charge is 0.121 e. The summed E-state index contributed by atoms with van der Waals surface area (Å²) < 4.78 is 11.8. The monoisotopic (exact) mass is 292 g/mol. The van der Waals surface area contributed by atoms with E-state index in [2.05, 4.69) is 32.6 Å². The van der Waals surface area contributed by atoms with Gasteiger partial charge in [0.1, 0.15) is 5.75 Å². The zero-order valence-electron chi connectivity index (χ0n) is 13.7. The molecule has 0 saturated carbocycles. The summed E-state index contributed by atoms with van der Waals surface area (Å²) >= 11 is 0. The van der Waals surface area contributed by atoms with E-state index in [4.69, 9.17) is 15.2 Å². The SMILES string of the molecule is CC1(C)CN(CCCOc2cccc(N)c2)CC(C)(C)O1. The highest BCUT2D eigenvalue weighted by atomic mass is 16.5. The number of benzene rings is 1. The molecule has 1 aromatic carbocycles. The Balaban J connectivity index is 1.75. The normalized spacial score (nSPS) is 21.1. The highest BCUT2D eigenvalue weighted by molar-refractivity contribution is 5.43. The first-order valence-electron chi connectivity index (χ1n) is 7.67. The second kappa shape index (κ2) is 6.24. The Morgan fingerprint density at radius 2 is 1.86 bits per heavy atom. The maximum Gasteiger partial charge on any atom is 0.121 e. The third-order valence-electron chi connectivity index (χ3n) is 3.51. The molecule has 1 fully saturated rings. The second-order valence-corrected chi connectivity index (χ2v) is 7.11. The Morgan fingerprint density at radius 3 is 2.48 bits per heavy atom. The topological polar surface area (TPSA) is 47.7 Å². The molecule has 118 valence electrons. The van der Waals surface area contributed by atoms with Crippen LogP contribution in [0.25, 0.3) is 0 Å². The van der Waals surface area contributed by atoms with Crippen molar-refractivity contribution in [3.8, 4) is 5.75 Å². The van der Waals surface area contributed by atoms with Crippen LogP contribution in [0, 0.1) is 0 Å². The van der Waals surface area contributed by atoms with Crippen molar-refractivity contribution >= 4 is 5.69 Å². The van der Waals surface area contributed by atoms with Gasteiger partial charge in [-0.25, -0.2) is 0 Å². The molecule has 4 nitrogen and oxygen atoms in total. The summed E-state index contributed by atoms with van der Waals surface area (Å²) in [6.45, 7) is 12.3. The molecule has 0 radical (unpaired) electrons. The summed E-state index contributed by atoms with van der Waals surface area (Å²) in [5.41, 5.74) is 6.30. The Labute approximate surface area is 128 Å². The van der Waals surface area contributed by atoms with Crippen LogP contribution in [0.3, 0.4) is 0 Å². The van der Waals surface area contributed by atoms with Crippen LogP contribution in [-0.4, -0.2) is 42.3 Å². The summed E-state index contributed by atoms with van der Waals surface area (Å²) in [6, 6.07) is 7.58. The van der Waals surface area contributed by atoms with Crippen molar-refractivity contribution in [3.63, 3.8) is 0 Å². The molecule has 1 aliphatic rings. The predicted molar refractivity (Wildman–Crippen MR) is 86.6 cm³/mol. The number of nitrogens with two attached hydrogens (primary N) is 1. The summed E-state index contributed by atoms with van der Waals surface area (Å²) in [5.74, 6) is 0.845. The molecule has 0 bridgehead atoms. The third-order valence-corrected chi connectivity index (χ3v) is 3.51. The molecular formula is C17H28N2O2. The molecular weight excluding hydrogens is 264 g/mol. The van der Waals surface area contributed by atoms with E-state index < -0.39 is 0 Å². The summed E-state index contributed by atoms with van der Waals surface area (Å²) in [7, 11) is 0. The highest BCUT2D eigenvalue weighted by Gasteiger charge is 2.37. The van der Waals surface area contributed by atoms with Gasteiger partial charge in [-0.1, -0.05) is 6.07 Å². The molecule has 1 saturated heterocycles. The Morgan fingerprint density at radius 1 is 1.19 bits per heavy atom. The lowest BCUT2D eigenvalue weighted by Gasteiger charge is -2.47. The minimum Gasteiger partial charge on any atom is -0.493 e. The van der Waals surface area contributed by atoms with E-state index >= 15 is 0 Å². The van der Waals surface area contributed by atoms with Crippen molar-refractivity contribution in [2.75, 3.05) is 32.0 Å². The number of morpholine rings is 1. The predicted octanol–water partition coefficient (Wildman–Crippen LogP) is 2.93. The van der Waals surface area contributed by atoms with Crippen LogP contribution in [0.1, 0.15) is 34.1 Å². The van der Waals surface area contributed by atoms with Gasteiger partial charge in [-0.3, -0.25) is 4.90 Å². The molecule has 1 aliphatic heterocycles. The first kappa shape index (κ1) is 16.1. The molecule has 0 spiro atoms. The minimum atomic E-state index is -0.0868. The minimum absolute atomic E-state index is 0.0868. The van der Waals surface area contributed by atoms with Gasteiger partial charge in [-0.2, -0.15) is 0 Å². The quantitative estimate of drug-likeness (QED) is 0.669. The molecule has 0 atom stereocenters. The van der Waals surface area contributed by atoms with E-state index in [1.165, 1.54) is 0 Å². The van der Waals surface area contributed by atoms with Crippen LogP contribution < -0.4 is 10.5 Å². The van der Waals surface area contributed by atoms with Gasteiger partial charge in [0.2, 0.25) is 0 Å². The molecule has 0 amide bonds. The molecule has 2 N–H and O–H groups in total. The van der Waals surface area contributed by atoms with Gasteiger partial charge >= 0.3 is 0 Å². The van der Waals surface area contributed by atoms with Crippen molar-refractivity contribution in [3.05, 3.63) is 24.3 Å². The molecule has 0 unspecified atom stereocenters. The van der Waals surface area contributed by atoms with Crippen molar-refractivity contribution in [1.29, 1.82) is 0 Å². The van der Waals surface area contributed by atoms with Gasteiger partial charge < -0.3 is 15.2 Å². The third kappa shape index (κ3) is 5.21. The van der Waals surface area contributed by atoms with Crippen molar-refractivity contribution in [2.24, 2.45) is 0 Å². The van der Waals surface area contributed by atoms with Gasteiger partial charge in [0.25, 0.3) is 0 Å². The summed E-state index contributed by atoms with van der Waals surface area (Å²) in [4.78, 5) is 2.46. The Bertz CT molecular complexity index is 456. The maximum atomic E-state index is 6.09. The van der Waals surface area contributed by atoms with Crippen LogP contribution >= 0.6 is 0 Å². The van der Waals surface area contributed by atoms with Gasteiger partial charge in [0.05, 0.1) is 17.8 Å². The molecule has 2 rings (SSSR count). The zero-order valence-corrected chi connectivity index (χ0v) is 13.7. The summed E-state index contributed by atoms with van der Waals surface area (Å²) in [6.07, 6.45) is 1.00. The lowest BCUT2D eigenvalue weighted by Crippen LogP contribution is -2.57. The van der Waals surface area contributed by atoms with Crippen molar-refractivity contribution < 1.29 is 9.47 Å². The van der Waals surface area contributed by atoms with E-state index in [1.54, 1.807) is 0 Å². The number of hydrogen-bond acceptors (Lipinski definition) is 4. The molecule has 0 aliphatic carbocycles. The fourth-order valence-electron chi connectivity index (χ4n) is 3.19. The van der Waals surface area contributed by atoms with E-state index in [0.29, 0.717) is 6.61 Å². The average Bonchev–Trinajstić information content (AvgIpc) is 2.31.